The second kappa shape index (κ2) is 10.3. The highest BCUT2D eigenvalue weighted by atomic mass is 127. The van der Waals surface area contributed by atoms with E-state index < -0.39 is 0 Å². The molecule has 14 heavy (non-hydrogen) atoms. The van der Waals surface area contributed by atoms with Crippen molar-refractivity contribution >= 4 is 30.4 Å². The van der Waals surface area contributed by atoms with Gasteiger partial charge in [0.1, 0.15) is 7.85 Å². The fraction of sp³-hybridized carbons (Fsp3) is 1.00. The van der Waals surface area contributed by atoms with Crippen LogP contribution >= 0.6 is 22.6 Å². The number of ether oxygens (including phenoxy) is 1. The van der Waals surface area contributed by atoms with Crippen molar-refractivity contribution in [3.8, 4) is 0 Å². The van der Waals surface area contributed by atoms with Gasteiger partial charge in [-0.1, -0.05) is 55.7 Å². The summed E-state index contributed by atoms with van der Waals surface area (Å²) in [5.41, 5.74) is 0. The van der Waals surface area contributed by atoms with Gasteiger partial charge in [-0.05, 0) is 22.6 Å². The molecule has 0 saturated carbocycles. The van der Waals surface area contributed by atoms with Crippen LogP contribution in [0.1, 0.15) is 39.5 Å². The molecule has 84 valence electrons. The smallest absolute Gasteiger partial charge is 0.109 e. The van der Waals surface area contributed by atoms with Gasteiger partial charge >= 0.3 is 0 Å². The highest BCUT2D eigenvalue weighted by Crippen LogP contribution is 2.14. The van der Waals surface area contributed by atoms with Crippen molar-refractivity contribution in [3.05, 3.63) is 0 Å². The van der Waals surface area contributed by atoms with Gasteiger partial charge in [-0.2, -0.15) is 0 Å². The third-order valence-corrected chi connectivity index (χ3v) is 4.07. The van der Waals surface area contributed by atoms with Gasteiger partial charge in [0.2, 0.25) is 0 Å². The summed E-state index contributed by atoms with van der Waals surface area (Å²) in [4.78, 5) is 0. The molecule has 0 aromatic carbocycles. The molecular formula is C11H24BIO. The van der Waals surface area contributed by atoms with Crippen molar-refractivity contribution in [1.82, 2.24) is 0 Å². The molecule has 3 heteroatoms. The van der Waals surface area contributed by atoms with Crippen molar-refractivity contribution in [2.45, 2.75) is 45.3 Å². The molecule has 0 radical (unpaired) electrons. The summed E-state index contributed by atoms with van der Waals surface area (Å²) in [5.74, 6) is 1.50. The Morgan fingerprint density at radius 1 is 1.29 bits per heavy atom. The van der Waals surface area contributed by atoms with Crippen LogP contribution in [0.4, 0.5) is 0 Å². The van der Waals surface area contributed by atoms with E-state index in [4.69, 9.17) is 4.74 Å². The summed E-state index contributed by atoms with van der Waals surface area (Å²) in [6, 6.07) is 0. The molecule has 0 N–H and O–H groups in total. The van der Waals surface area contributed by atoms with Gasteiger partial charge in [0.15, 0.2) is 0 Å². The molecule has 0 amide bonds. The first-order valence-electron chi connectivity index (χ1n) is 5.88. The highest BCUT2D eigenvalue weighted by Gasteiger charge is 2.07. The Hall–Kier alpha value is 0.755. The molecule has 0 heterocycles. The maximum Gasteiger partial charge on any atom is 0.109 e. The first-order valence-corrected chi connectivity index (χ1v) is 7.40. The molecule has 0 aromatic heterocycles. The molecule has 0 saturated heterocycles. The summed E-state index contributed by atoms with van der Waals surface area (Å²) >= 11 is 2.42. The fourth-order valence-electron chi connectivity index (χ4n) is 1.38. The number of alkyl halides is 1. The number of halogens is 1. The number of hydrogen-bond acceptors (Lipinski definition) is 1. The van der Waals surface area contributed by atoms with Crippen LogP contribution in [0.5, 0.6) is 0 Å². The van der Waals surface area contributed by atoms with Crippen molar-refractivity contribution in [1.29, 1.82) is 0 Å². The maximum absolute atomic E-state index is 5.73. The van der Waals surface area contributed by atoms with Gasteiger partial charge < -0.3 is 4.74 Å². The van der Waals surface area contributed by atoms with Crippen LogP contribution in [0.3, 0.4) is 0 Å². The van der Waals surface area contributed by atoms with Crippen LogP contribution in [-0.4, -0.2) is 25.5 Å². The molecule has 0 aliphatic carbocycles. The van der Waals surface area contributed by atoms with Crippen LogP contribution in [0, 0.1) is 5.92 Å². The largest absolute Gasteiger partial charge is 0.382 e. The minimum atomic E-state index is 0.708. The lowest BCUT2D eigenvalue weighted by molar-refractivity contribution is 0.0957. The molecule has 2 unspecified atom stereocenters. The van der Waals surface area contributed by atoms with E-state index in [1.54, 1.807) is 0 Å². The average Bonchev–Trinajstić information content (AvgIpc) is 2.22. The van der Waals surface area contributed by atoms with Gasteiger partial charge in [0.05, 0.1) is 0 Å². The maximum atomic E-state index is 5.73. The molecule has 0 rings (SSSR count). The summed E-state index contributed by atoms with van der Waals surface area (Å²) in [6.07, 6.45) is 5.26. The van der Waals surface area contributed by atoms with Gasteiger partial charge in [-0.25, -0.2) is 0 Å². The van der Waals surface area contributed by atoms with E-state index >= 15 is 0 Å². The normalized spacial score (nSPS) is 15.4. The van der Waals surface area contributed by atoms with Gasteiger partial charge in [0, 0.05) is 13.2 Å². The molecule has 0 fully saturated rings. The first kappa shape index (κ1) is 14.8. The Balaban J connectivity index is 3.42. The fourth-order valence-corrected chi connectivity index (χ4v) is 1.63. The zero-order chi connectivity index (χ0) is 10.8. The topological polar surface area (TPSA) is 9.23 Å². The summed E-state index contributed by atoms with van der Waals surface area (Å²) in [6.45, 7) is 6.43. The van der Waals surface area contributed by atoms with Gasteiger partial charge in [0.25, 0.3) is 0 Å². The van der Waals surface area contributed by atoms with Crippen molar-refractivity contribution in [2.24, 2.45) is 5.92 Å². The lowest BCUT2D eigenvalue weighted by Crippen LogP contribution is -2.12. The monoisotopic (exact) mass is 310 g/mol. The molecule has 2 atom stereocenters. The number of unbranched alkanes of at least 4 members (excludes halogenated alkanes) is 1. The zero-order valence-electron chi connectivity index (χ0n) is 9.89. The Labute approximate surface area is 104 Å². The molecular weight excluding hydrogens is 286 g/mol. The van der Waals surface area contributed by atoms with E-state index in [-0.39, 0.29) is 0 Å². The first-order chi connectivity index (χ1) is 6.74. The third-order valence-electron chi connectivity index (χ3n) is 2.56. The lowest BCUT2D eigenvalue weighted by Gasteiger charge is -2.16. The van der Waals surface area contributed by atoms with Crippen LogP contribution < -0.4 is 0 Å². The van der Waals surface area contributed by atoms with E-state index in [1.807, 2.05) is 0 Å². The SMILES string of the molecule is BC(CI)COCC(CC)CCCC. The van der Waals surface area contributed by atoms with Crippen LogP contribution in [0.15, 0.2) is 0 Å². The Morgan fingerprint density at radius 2 is 2.00 bits per heavy atom. The summed E-state index contributed by atoms with van der Waals surface area (Å²) in [5, 5.41) is 0. The van der Waals surface area contributed by atoms with E-state index in [2.05, 4.69) is 44.3 Å². The minimum absolute atomic E-state index is 0.708. The van der Waals surface area contributed by atoms with Gasteiger partial charge in [-0.15, -0.1) is 0 Å². The van der Waals surface area contributed by atoms with Crippen LogP contribution in [0.2, 0.25) is 5.82 Å². The standard InChI is InChI=1S/C11H24BIO/c1-3-5-6-10(4-2)8-14-9-11(12)7-13/h10-11H,3-9,12H2,1-2H3. The molecule has 0 spiro atoms. The quantitative estimate of drug-likeness (QED) is 0.361. The Kier molecular flexibility index (Phi) is 10.8. The predicted octanol–water partition coefficient (Wildman–Crippen LogP) is 3.08. The van der Waals surface area contributed by atoms with E-state index in [1.165, 1.54) is 30.1 Å². The molecule has 0 aliphatic heterocycles. The van der Waals surface area contributed by atoms with Crippen molar-refractivity contribution < 1.29 is 4.74 Å². The zero-order valence-corrected chi connectivity index (χ0v) is 12.0. The third kappa shape index (κ3) is 8.10. The molecule has 0 bridgehead atoms. The second-order valence-corrected chi connectivity index (χ2v) is 5.09. The molecule has 0 aromatic rings. The molecule has 0 aliphatic rings. The predicted molar refractivity (Wildman–Crippen MR) is 75.3 cm³/mol. The second-order valence-electron chi connectivity index (χ2n) is 4.21. The van der Waals surface area contributed by atoms with Crippen molar-refractivity contribution in [3.63, 3.8) is 0 Å². The van der Waals surface area contributed by atoms with Crippen LogP contribution in [0.25, 0.3) is 0 Å². The van der Waals surface area contributed by atoms with E-state index in [9.17, 15) is 0 Å². The average molecular weight is 310 g/mol. The minimum Gasteiger partial charge on any atom is -0.382 e. The number of hydrogen-bond donors (Lipinski definition) is 0. The van der Waals surface area contributed by atoms with Crippen LogP contribution in [-0.2, 0) is 4.74 Å². The Bertz CT molecular complexity index is 122. The van der Waals surface area contributed by atoms with E-state index in [0.29, 0.717) is 5.82 Å². The summed E-state index contributed by atoms with van der Waals surface area (Å²) < 4.78 is 6.93. The van der Waals surface area contributed by atoms with Crippen molar-refractivity contribution in [2.75, 3.05) is 17.6 Å². The van der Waals surface area contributed by atoms with Gasteiger partial charge in [-0.3, -0.25) is 0 Å². The lowest BCUT2D eigenvalue weighted by atomic mass is 9.91. The Morgan fingerprint density at radius 3 is 2.50 bits per heavy atom. The highest BCUT2D eigenvalue weighted by molar-refractivity contribution is 14.1. The van der Waals surface area contributed by atoms with E-state index in [0.717, 1.165) is 19.1 Å². The number of rotatable bonds is 9. The summed E-state index contributed by atoms with van der Waals surface area (Å²) in [7, 11) is 2.25. The molecule has 1 nitrogen and oxygen atoms in total.